The van der Waals surface area contributed by atoms with Gasteiger partial charge in [-0.05, 0) is 36.6 Å². The van der Waals surface area contributed by atoms with Gasteiger partial charge >= 0.3 is 0 Å². The van der Waals surface area contributed by atoms with Crippen LogP contribution in [0.15, 0.2) is 41.1 Å². The van der Waals surface area contributed by atoms with Crippen LogP contribution in [0.2, 0.25) is 0 Å². The van der Waals surface area contributed by atoms with Crippen molar-refractivity contribution in [2.45, 2.75) is 18.9 Å². The van der Waals surface area contributed by atoms with Gasteiger partial charge in [-0.2, -0.15) is 5.10 Å². The lowest BCUT2D eigenvalue weighted by Gasteiger charge is -2.16. The summed E-state index contributed by atoms with van der Waals surface area (Å²) in [4.78, 5) is 15.9. The lowest BCUT2D eigenvalue weighted by atomic mass is 10.1. The molecule has 118 valence electrons. The minimum atomic E-state index is -0.288. The second-order valence-electron chi connectivity index (χ2n) is 6.35. The molecule has 2 N–H and O–H groups in total. The van der Waals surface area contributed by atoms with Gasteiger partial charge < -0.3 is 10.3 Å². The zero-order valence-electron chi connectivity index (χ0n) is 12.9. The summed E-state index contributed by atoms with van der Waals surface area (Å²) in [6.07, 6.45) is 4.76. The molecule has 1 saturated carbocycles. The summed E-state index contributed by atoms with van der Waals surface area (Å²) in [5.74, 6) is 0.333. The number of nitrogens with one attached hydrogen (secondary N) is 2. The Bertz CT molecular complexity index is 912. The Morgan fingerprint density at radius 3 is 2.91 bits per heavy atom. The van der Waals surface area contributed by atoms with Crippen LogP contribution in [-0.2, 0) is 12.6 Å². The maximum Gasteiger partial charge on any atom is 0.268 e. The third-order valence-electron chi connectivity index (χ3n) is 4.69. The molecule has 2 aromatic heterocycles. The summed E-state index contributed by atoms with van der Waals surface area (Å²) in [5.41, 5.74) is 2.32. The number of aryl methyl sites for hydroxylation is 1. The number of carbonyl (C=O) groups excluding carboxylic acids is 1. The van der Waals surface area contributed by atoms with Gasteiger partial charge in [0.25, 0.3) is 5.91 Å². The average Bonchev–Trinajstić information content (AvgIpc) is 2.90. The van der Waals surface area contributed by atoms with E-state index in [0.717, 1.165) is 27.4 Å². The number of nitrogens with zero attached hydrogens (tertiary/aromatic N) is 2. The summed E-state index contributed by atoms with van der Waals surface area (Å²) in [7, 11) is 1.89. The van der Waals surface area contributed by atoms with Crippen LogP contribution in [0.3, 0.4) is 0 Å². The lowest BCUT2D eigenvalue weighted by Crippen LogP contribution is -2.36. The van der Waals surface area contributed by atoms with Crippen LogP contribution < -0.4 is 5.32 Å². The monoisotopic (exact) mass is 372 g/mol. The molecule has 0 radical (unpaired) electrons. The van der Waals surface area contributed by atoms with Crippen LogP contribution in [0.25, 0.3) is 10.9 Å². The number of benzene rings is 1. The summed E-state index contributed by atoms with van der Waals surface area (Å²) in [6.45, 7) is 2.15. The van der Waals surface area contributed by atoms with Crippen molar-refractivity contribution in [2.24, 2.45) is 13.0 Å². The molecule has 0 bridgehead atoms. The summed E-state index contributed by atoms with van der Waals surface area (Å²) in [6, 6.07) is 7.81. The van der Waals surface area contributed by atoms with Crippen LogP contribution >= 0.6 is 15.9 Å². The molecule has 5 nitrogen and oxygen atoms in total. The Labute approximate surface area is 142 Å². The van der Waals surface area contributed by atoms with Crippen LogP contribution in [0.1, 0.15) is 29.4 Å². The molecule has 1 aromatic carbocycles. The number of fused-ring (bicyclic) bond motifs is 1. The fourth-order valence-corrected chi connectivity index (χ4v) is 3.60. The number of aromatic amines is 1. The number of halogens is 1. The van der Waals surface area contributed by atoms with Crippen LogP contribution in [0.5, 0.6) is 0 Å². The SMILES string of the molecule is C[C@@H]1C[C@@]1(NC(=O)c1cc2cc(Br)ccc2[nH]1)c1cnn(C)c1. The first-order chi connectivity index (χ1) is 11.0. The predicted octanol–water partition coefficient (Wildman–Crippen LogP) is 3.33. The third kappa shape index (κ3) is 2.37. The molecule has 1 amide bonds. The highest BCUT2D eigenvalue weighted by Gasteiger charge is 2.54. The van der Waals surface area contributed by atoms with Crippen molar-refractivity contribution in [3.63, 3.8) is 0 Å². The van der Waals surface area contributed by atoms with Crippen molar-refractivity contribution in [3.8, 4) is 0 Å². The Kier molecular flexibility index (Phi) is 3.13. The zero-order valence-corrected chi connectivity index (χ0v) is 14.5. The first kappa shape index (κ1) is 14.5. The van der Waals surface area contributed by atoms with Gasteiger partial charge in [0.15, 0.2) is 0 Å². The summed E-state index contributed by atoms with van der Waals surface area (Å²) in [5, 5.41) is 8.45. The topological polar surface area (TPSA) is 62.7 Å². The first-order valence-electron chi connectivity index (χ1n) is 7.58. The molecule has 2 atom stereocenters. The van der Waals surface area contributed by atoms with Gasteiger partial charge in [0, 0.05) is 34.2 Å². The second-order valence-corrected chi connectivity index (χ2v) is 7.26. The molecule has 1 aliphatic rings. The van der Waals surface area contributed by atoms with E-state index in [1.165, 1.54) is 0 Å². The number of rotatable bonds is 3. The van der Waals surface area contributed by atoms with Crippen LogP contribution in [0.4, 0.5) is 0 Å². The highest BCUT2D eigenvalue weighted by molar-refractivity contribution is 9.10. The highest BCUT2D eigenvalue weighted by atomic mass is 79.9. The van der Waals surface area contributed by atoms with E-state index in [-0.39, 0.29) is 11.4 Å². The predicted molar refractivity (Wildman–Crippen MR) is 92.1 cm³/mol. The largest absolute Gasteiger partial charge is 0.351 e. The lowest BCUT2D eigenvalue weighted by molar-refractivity contribution is 0.0923. The molecule has 6 heteroatoms. The third-order valence-corrected chi connectivity index (χ3v) is 5.19. The molecule has 3 aromatic rings. The number of hydrogen-bond donors (Lipinski definition) is 2. The number of H-pyrrole nitrogens is 1. The highest BCUT2D eigenvalue weighted by Crippen LogP contribution is 2.51. The van der Waals surface area contributed by atoms with E-state index in [2.05, 4.69) is 38.3 Å². The molecule has 23 heavy (non-hydrogen) atoms. The summed E-state index contributed by atoms with van der Waals surface area (Å²) >= 11 is 3.45. The van der Waals surface area contributed by atoms with Gasteiger partial charge in [0.2, 0.25) is 0 Å². The molecule has 0 aliphatic heterocycles. The number of carbonyl (C=O) groups is 1. The van der Waals surface area contributed by atoms with Crippen LogP contribution in [0, 0.1) is 5.92 Å². The van der Waals surface area contributed by atoms with E-state index in [1.807, 2.05) is 43.7 Å². The number of aromatic nitrogens is 3. The minimum absolute atomic E-state index is 0.0782. The second kappa shape index (κ2) is 4.96. The van der Waals surface area contributed by atoms with Gasteiger partial charge in [-0.25, -0.2) is 0 Å². The Balaban J connectivity index is 1.63. The number of amides is 1. The van der Waals surface area contributed by atoms with E-state index in [1.54, 1.807) is 4.68 Å². The van der Waals surface area contributed by atoms with Gasteiger partial charge in [0.1, 0.15) is 5.69 Å². The molecular formula is C17H17BrN4O. The van der Waals surface area contributed by atoms with E-state index in [9.17, 15) is 4.79 Å². The molecule has 1 aliphatic carbocycles. The van der Waals surface area contributed by atoms with Gasteiger partial charge in [-0.15, -0.1) is 0 Å². The van der Waals surface area contributed by atoms with Crippen molar-refractivity contribution in [3.05, 3.63) is 52.4 Å². The first-order valence-corrected chi connectivity index (χ1v) is 8.37. The van der Waals surface area contributed by atoms with Crippen molar-refractivity contribution in [2.75, 3.05) is 0 Å². The van der Waals surface area contributed by atoms with Gasteiger partial charge in [-0.3, -0.25) is 9.48 Å². The van der Waals surface area contributed by atoms with Crippen molar-refractivity contribution >= 4 is 32.7 Å². The maximum absolute atomic E-state index is 12.7. The van der Waals surface area contributed by atoms with E-state index in [0.29, 0.717) is 11.6 Å². The maximum atomic E-state index is 12.7. The minimum Gasteiger partial charge on any atom is -0.351 e. The van der Waals surface area contributed by atoms with Crippen molar-refractivity contribution < 1.29 is 4.79 Å². The van der Waals surface area contributed by atoms with E-state index < -0.39 is 0 Å². The molecule has 2 heterocycles. The normalized spacial score (nSPS) is 23.2. The number of hydrogen-bond acceptors (Lipinski definition) is 2. The molecular weight excluding hydrogens is 356 g/mol. The van der Waals surface area contributed by atoms with Crippen molar-refractivity contribution in [1.29, 1.82) is 0 Å². The Hall–Kier alpha value is -2.08. The quantitative estimate of drug-likeness (QED) is 0.740. The van der Waals surface area contributed by atoms with Crippen LogP contribution in [-0.4, -0.2) is 20.7 Å². The van der Waals surface area contributed by atoms with Gasteiger partial charge in [0.05, 0.1) is 11.7 Å². The average molecular weight is 373 g/mol. The summed E-state index contributed by atoms with van der Waals surface area (Å²) < 4.78 is 2.77. The smallest absolute Gasteiger partial charge is 0.268 e. The molecule has 0 saturated heterocycles. The van der Waals surface area contributed by atoms with E-state index in [4.69, 9.17) is 0 Å². The van der Waals surface area contributed by atoms with E-state index >= 15 is 0 Å². The molecule has 4 rings (SSSR count). The van der Waals surface area contributed by atoms with Gasteiger partial charge in [-0.1, -0.05) is 22.9 Å². The zero-order chi connectivity index (χ0) is 16.2. The Morgan fingerprint density at radius 1 is 1.48 bits per heavy atom. The fourth-order valence-electron chi connectivity index (χ4n) is 3.22. The van der Waals surface area contributed by atoms with Crippen molar-refractivity contribution in [1.82, 2.24) is 20.1 Å². The fraction of sp³-hybridized carbons (Fsp3) is 0.294. The Morgan fingerprint density at radius 2 is 2.26 bits per heavy atom. The molecule has 0 unspecified atom stereocenters. The molecule has 0 spiro atoms. The standard InChI is InChI=1S/C17H17BrN4O/c1-10-7-17(10,12-8-19-22(2)9-12)21-16(23)15-6-11-5-13(18)3-4-14(11)20-15/h3-6,8-10,20H,7H2,1-2H3,(H,21,23)/t10-,17+/m1/s1. The molecule has 1 fully saturated rings.